The van der Waals surface area contributed by atoms with Crippen molar-refractivity contribution in [3.63, 3.8) is 0 Å². The van der Waals surface area contributed by atoms with Crippen LogP contribution in [0, 0.1) is 10.1 Å². The van der Waals surface area contributed by atoms with Crippen molar-refractivity contribution < 1.29 is 32.0 Å². The number of hydrogen-bond donors (Lipinski definition) is 0. The van der Waals surface area contributed by atoms with Gasteiger partial charge in [0.25, 0.3) is 0 Å². The van der Waals surface area contributed by atoms with Crippen molar-refractivity contribution in [2.24, 2.45) is 0 Å². The van der Waals surface area contributed by atoms with Gasteiger partial charge in [-0.2, -0.15) is 17.6 Å². The topological polar surface area (TPSA) is 61.6 Å². The molecule has 0 saturated heterocycles. The minimum Gasteiger partial charge on any atom is -0.421 e. The Morgan fingerprint density at radius 1 is 1.12 bits per heavy atom. The first-order valence-corrected chi connectivity index (χ1v) is 4.16. The Morgan fingerprint density at radius 3 is 2.29 bits per heavy atom. The third-order valence-electron chi connectivity index (χ3n) is 1.96. The Hall–Kier alpha value is -2.06. The number of nitro benzene ring substituents is 1. The molecule has 0 unspecified atom stereocenters. The van der Waals surface area contributed by atoms with Crippen molar-refractivity contribution in [1.82, 2.24) is 0 Å². The maximum atomic E-state index is 12.8. The highest BCUT2D eigenvalue weighted by molar-refractivity contribution is 5.56. The Kier molecular flexibility index (Phi) is 2.16. The Bertz CT molecular complexity index is 490. The summed E-state index contributed by atoms with van der Waals surface area (Å²) in [6.07, 6.45) is -9.85. The highest BCUT2D eigenvalue weighted by Gasteiger charge is 2.66. The molecule has 1 heterocycles. The maximum Gasteiger partial charge on any atom is 0.508 e. The second-order valence-corrected chi connectivity index (χ2v) is 3.10. The maximum absolute atomic E-state index is 12.8. The van der Waals surface area contributed by atoms with Crippen LogP contribution in [-0.4, -0.2) is 17.1 Å². The molecule has 0 radical (unpaired) electrons. The lowest BCUT2D eigenvalue weighted by atomic mass is 10.2. The highest BCUT2D eigenvalue weighted by atomic mass is 19.3. The van der Waals surface area contributed by atoms with Gasteiger partial charge in [-0.25, -0.2) is 0 Å². The Labute approximate surface area is 90.7 Å². The molecule has 0 bridgehead atoms. The Morgan fingerprint density at radius 2 is 1.71 bits per heavy atom. The van der Waals surface area contributed by atoms with Crippen molar-refractivity contribution in [2.75, 3.05) is 0 Å². The minimum absolute atomic E-state index is 0.810. The van der Waals surface area contributed by atoms with E-state index in [2.05, 4.69) is 9.47 Å². The average molecular weight is 253 g/mol. The molecule has 0 atom stereocenters. The van der Waals surface area contributed by atoms with Crippen LogP contribution in [0.2, 0.25) is 0 Å². The predicted molar refractivity (Wildman–Crippen MR) is 44.2 cm³/mol. The van der Waals surface area contributed by atoms with E-state index in [0.717, 1.165) is 18.2 Å². The lowest BCUT2D eigenvalue weighted by Gasteiger charge is -2.31. The normalized spacial score (nSPS) is 19.8. The highest BCUT2D eigenvalue weighted by Crippen LogP contribution is 2.50. The van der Waals surface area contributed by atoms with Crippen LogP contribution in [-0.2, 0) is 0 Å². The van der Waals surface area contributed by atoms with Gasteiger partial charge in [-0.05, 0) is 6.07 Å². The van der Waals surface area contributed by atoms with Crippen molar-refractivity contribution in [3.05, 3.63) is 28.3 Å². The van der Waals surface area contributed by atoms with Gasteiger partial charge in [0, 0.05) is 6.07 Å². The number of para-hydroxylation sites is 1. The molecule has 0 fully saturated rings. The summed E-state index contributed by atoms with van der Waals surface area (Å²) in [5.74, 6) is -1.83. The molecule has 0 aromatic heterocycles. The number of fused-ring (bicyclic) bond motifs is 1. The molecule has 1 aromatic carbocycles. The molecular formula is C8H3F4NO4. The van der Waals surface area contributed by atoms with Crippen molar-refractivity contribution in [1.29, 1.82) is 0 Å². The summed E-state index contributed by atoms with van der Waals surface area (Å²) < 4.78 is 58.4. The number of alkyl halides is 4. The second kappa shape index (κ2) is 3.22. The molecule has 0 amide bonds. The third-order valence-corrected chi connectivity index (χ3v) is 1.96. The third kappa shape index (κ3) is 1.63. The molecule has 92 valence electrons. The molecule has 1 aliphatic rings. The molecule has 0 N–H and O–H groups in total. The van der Waals surface area contributed by atoms with Crippen LogP contribution in [0.25, 0.3) is 0 Å². The SMILES string of the molecule is O=[N+]([O-])c1cccc2c1OC(F)(F)C(F)(F)O2. The van der Waals surface area contributed by atoms with Gasteiger partial charge in [-0.3, -0.25) is 10.1 Å². The molecule has 0 aliphatic carbocycles. The number of rotatable bonds is 1. The van der Waals surface area contributed by atoms with Crippen LogP contribution in [0.5, 0.6) is 11.5 Å². The van der Waals surface area contributed by atoms with E-state index in [1.54, 1.807) is 0 Å². The second-order valence-electron chi connectivity index (χ2n) is 3.10. The van der Waals surface area contributed by atoms with Gasteiger partial charge in [0.1, 0.15) is 0 Å². The average Bonchev–Trinajstić information content (AvgIpc) is 2.17. The molecule has 5 nitrogen and oxygen atoms in total. The summed E-state index contributed by atoms with van der Waals surface area (Å²) in [6.45, 7) is 0. The first-order chi connectivity index (χ1) is 7.74. The van der Waals surface area contributed by atoms with Gasteiger partial charge < -0.3 is 9.47 Å². The lowest BCUT2D eigenvalue weighted by Crippen LogP contribution is -2.52. The van der Waals surface area contributed by atoms with E-state index in [-0.39, 0.29) is 0 Å². The zero-order valence-electron chi connectivity index (χ0n) is 7.82. The summed E-state index contributed by atoms with van der Waals surface area (Å²) in [6, 6.07) is 2.72. The van der Waals surface area contributed by atoms with E-state index in [1.165, 1.54) is 0 Å². The minimum atomic E-state index is -4.97. The van der Waals surface area contributed by atoms with Gasteiger partial charge in [-0.1, -0.05) is 6.07 Å². The molecular weight excluding hydrogens is 250 g/mol. The van der Waals surface area contributed by atoms with E-state index in [1.807, 2.05) is 0 Å². The number of ether oxygens (including phenoxy) is 2. The zero-order valence-corrected chi connectivity index (χ0v) is 7.82. The molecule has 1 aliphatic heterocycles. The van der Waals surface area contributed by atoms with E-state index in [9.17, 15) is 27.7 Å². The van der Waals surface area contributed by atoms with Crippen LogP contribution in [0.4, 0.5) is 23.2 Å². The van der Waals surface area contributed by atoms with Gasteiger partial charge in [-0.15, -0.1) is 0 Å². The monoisotopic (exact) mass is 253 g/mol. The first kappa shape index (κ1) is 11.4. The van der Waals surface area contributed by atoms with Gasteiger partial charge in [0.2, 0.25) is 5.75 Å². The molecule has 1 aromatic rings. The van der Waals surface area contributed by atoms with Crippen LogP contribution in [0.1, 0.15) is 0 Å². The van der Waals surface area contributed by atoms with Crippen LogP contribution in [0.3, 0.4) is 0 Å². The van der Waals surface area contributed by atoms with Crippen molar-refractivity contribution in [2.45, 2.75) is 12.2 Å². The van der Waals surface area contributed by atoms with Crippen LogP contribution >= 0.6 is 0 Å². The summed E-state index contributed by atoms with van der Waals surface area (Å²) >= 11 is 0. The lowest BCUT2D eigenvalue weighted by molar-refractivity contribution is -0.407. The van der Waals surface area contributed by atoms with E-state index >= 15 is 0 Å². The number of nitrogens with zero attached hydrogens (tertiary/aromatic N) is 1. The number of halogens is 4. The fourth-order valence-electron chi connectivity index (χ4n) is 1.22. The smallest absolute Gasteiger partial charge is 0.421 e. The largest absolute Gasteiger partial charge is 0.508 e. The molecule has 2 rings (SSSR count). The molecule has 0 spiro atoms. The van der Waals surface area contributed by atoms with E-state index < -0.39 is 34.3 Å². The van der Waals surface area contributed by atoms with Crippen LogP contribution in [0.15, 0.2) is 18.2 Å². The molecule has 17 heavy (non-hydrogen) atoms. The standard InChI is InChI=1S/C8H3F4NO4/c9-7(10)8(11,12)17-6-4(13(14)15)2-1-3-5(6)16-7/h1-3H. The predicted octanol–water partition coefficient (Wildman–Crippen LogP) is 2.55. The summed E-state index contributed by atoms with van der Waals surface area (Å²) in [4.78, 5) is 9.44. The van der Waals surface area contributed by atoms with Crippen molar-refractivity contribution >= 4 is 5.69 Å². The Balaban J connectivity index is 2.57. The fraction of sp³-hybridized carbons (Fsp3) is 0.250. The number of nitro groups is 1. The zero-order chi connectivity index (χ0) is 12.8. The van der Waals surface area contributed by atoms with Crippen molar-refractivity contribution in [3.8, 4) is 11.5 Å². The number of benzene rings is 1. The molecule has 9 heteroatoms. The van der Waals surface area contributed by atoms with Gasteiger partial charge in [0.05, 0.1) is 4.92 Å². The quantitative estimate of drug-likeness (QED) is 0.438. The van der Waals surface area contributed by atoms with Gasteiger partial charge in [0.15, 0.2) is 5.75 Å². The summed E-state index contributed by atoms with van der Waals surface area (Å²) in [7, 11) is 0. The number of hydrogen-bond acceptors (Lipinski definition) is 4. The van der Waals surface area contributed by atoms with E-state index in [0.29, 0.717) is 0 Å². The summed E-state index contributed by atoms with van der Waals surface area (Å²) in [5.41, 5.74) is -0.877. The van der Waals surface area contributed by atoms with Crippen LogP contribution < -0.4 is 9.47 Å². The first-order valence-electron chi connectivity index (χ1n) is 4.16. The fourth-order valence-corrected chi connectivity index (χ4v) is 1.22. The van der Waals surface area contributed by atoms with E-state index in [4.69, 9.17) is 0 Å². The molecule has 0 saturated carbocycles. The summed E-state index contributed by atoms with van der Waals surface area (Å²) in [5, 5.41) is 10.5. The van der Waals surface area contributed by atoms with Gasteiger partial charge >= 0.3 is 17.9 Å².